The van der Waals surface area contributed by atoms with Gasteiger partial charge in [-0.3, -0.25) is 0 Å². The summed E-state index contributed by atoms with van der Waals surface area (Å²) in [7, 11) is 0. The molecule has 0 fully saturated rings. The Balaban J connectivity index is 0. The summed E-state index contributed by atoms with van der Waals surface area (Å²) in [6.07, 6.45) is 11.0. The Morgan fingerprint density at radius 3 is 1.22 bits per heavy atom. The van der Waals surface area contributed by atoms with Crippen molar-refractivity contribution < 1.29 is 19.5 Å². The fourth-order valence-electron chi connectivity index (χ4n) is 0.285. The maximum Gasteiger partial charge on any atom is 2.00 e. The molecule has 0 aliphatic carbocycles. The van der Waals surface area contributed by atoms with Crippen LogP contribution >= 0.6 is 0 Å². The Labute approximate surface area is 69.4 Å². The SMILES string of the molecule is C=CC=CC=CC=C.[Rh+2]. The number of hydrogen-bond donors (Lipinski definition) is 0. The zero-order valence-corrected chi connectivity index (χ0v) is 6.85. The molecule has 0 bridgehead atoms. The molecule has 0 saturated carbocycles. The van der Waals surface area contributed by atoms with Crippen LogP contribution in [0.15, 0.2) is 49.6 Å². The molecule has 1 heteroatoms. The van der Waals surface area contributed by atoms with Crippen LogP contribution in [0.25, 0.3) is 0 Å². The summed E-state index contributed by atoms with van der Waals surface area (Å²) in [5.74, 6) is 0. The first-order valence-corrected chi connectivity index (χ1v) is 2.48. The summed E-state index contributed by atoms with van der Waals surface area (Å²) in [6.45, 7) is 7.02. The Morgan fingerprint density at radius 1 is 0.667 bits per heavy atom. The van der Waals surface area contributed by atoms with Gasteiger partial charge in [0.2, 0.25) is 0 Å². The van der Waals surface area contributed by atoms with Gasteiger partial charge >= 0.3 is 19.5 Å². The molecule has 0 N–H and O–H groups in total. The van der Waals surface area contributed by atoms with E-state index in [9.17, 15) is 0 Å². The van der Waals surface area contributed by atoms with Crippen molar-refractivity contribution in [2.45, 2.75) is 0 Å². The van der Waals surface area contributed by atoms with Gasteiger partial charge in [0, 0.05) is 0 Å². The Morgan fingerprint density at radius 2 is 1.00 bits per heavy atom. The average molecular weight is 209 g/mol. The number of hydrogen-bond acceptors (Lipinski definition) is 0. The molecule has 0 aliphatic rings. The molecular formula is C8H10Rh+2. The van der Waals surface area contributed by atoms with Crippen molar-refractivity contribution in [2.24, 2.45) is 0 Å². The molecule has 0 unspecified atom stereocenters. The van der Waals surface area contributed by atoms with Gasteiger partial charge < -0.3 is 0 Å². The van der Waals surface area contributed by atoms with Gasteiger partial charge in [-0.05, 0) is 0 Å². The van der Waals surface area contributed by atoms with Crippen LogP contribution in [0.1, 0.15) is 0 Å². The molecule has 0 saturated heterocycles. The quantitative estimate of drug-likeness (QED) is 0.494. The molecule has 0 rings (SSSR count). The fraction of sp³-hybridized carbons (Fsp3) is 0. The molecule has 1 radical (unpaired) electrons. The predicted octanol–water partition coefficient (Wildman–Crippen LogP) is 2.47. The van der Waals surface area contributed by atoms with E-state index in [1.807, 2.05) is 24.3 Å². The molecular weight excluding hydrogens is 199 g/mol. The second kappa shape index (κ2) is 10.5. The van der Waals surface area contributed by atoms with Crippen molar-refractivity contribution in [3.8, 4) is 0 Å². The minimum Gasteiger partial charge on any atom is -0.0991 e. The fourth-order valence-corrected chi connectivity index (χ4v) is 0.285. The minimum atomic E-state index is 0. The maximum atomic E-state index is 3.51. The van der Waals surface area contributed by atoms with Crippen molar-refractivity contribution in [2.75, 3.05) is 0 Å². The molecule has 0 aromatic heterocycles. The Bertz CT molecular complexity index is 105. The summed E-state index contributed by atoms with van der Waals surface area (Å²) in [4.78, 5) is 0. The smallest absolute Gasteiger partial charge is 0.0991 e. The average Bonchev–Trinajstić information content (AvgIpc) is 1.81. The van der Waals surface area contributed by atoms with Crippen LogP contribution in [0.4, 0.5) is 0 Å². The van der Waals surface area contributed by atoms with E-state index in [0.717, 1.165) is 0 Å². The van der Waals surface area contributed by atoms with Gasteiger partial charge in [0.25, 0.3) is 0 Å². The van der Waals surface area contributed by atoms with Gasteiger partial charge in [-0.15, -0.1) is 0 Å². The first-order valence-electron chi connectivity index (χ1n) is 2.48. The molecule has 0 spiro atoms. The summed E-state index contributed by atoms with van der Waals surface area (Å²) < 4.78 is 0. The minimum absolute atomic E-state index is 0. The summed E-state index contributed by atoms with van der Waals surface area (Å²) >= 11 is 0. The standard InChI is InChI=1S/C8H10.Rh/c1-3-5-7-8-6-4-2;/h3-8H,1-2H2;/q;+2. The van der Waals surface area contributed by atoms with E-state index in [2.05, 4.69) is 13.2 Å². The third-order valence-electron chi connectivity index (χ3n) is 0.605. The zero-order chi connectivity index (χ0) is 6.24. The Kier molecular flexibility index (Phi) is 13.3. The zero-order valence-electron chi connectivity index (χ0n) is 5.21. The number of allylic oxidation sites excluding steroid dienone is 6. The van der Waals surface area contributed by atoms with E-state index in [-0.39, 0.29) is 19.5 Å². The maximum absolute atomic E-state index is 3.51. The monoisotopic (exact) mass is 209 g/mol. The first kappa shape index (κ1) is 11.4. The number of rotatable bonds is 3. The molecule has 0 nitrogen and oxygen atoms in total. The molecule has 0 amide bonds. The van der Waals surface area contributed by atoms with Gasteiger partial charge in [0.05, 0.1) is 0 Å². The summed E-state index contributed by atoms with van der Waals surface area (Å²) in [6, 6.07) is 0. The third kappa shape index (κ3) is 11.3. The van der Waals surface area contributed by atoms with Crippen molar-refractivity contribution in [1.82, 2.24) is 0 Å². The van der Waals surface area contributed by atoms with Crippen LogP contribution in [-0.2, 0) is 19.5 Å². The molecule has 49 valence electrons. The topological polar surface area (TPSA) is 0 Å². The van der Waals surface area contributed by atoms with E-state index in [1.165, 1.54) is 0 Å². The summed E-state index contributed by atoms with van der Waals surface area (Å²) in [5.41, 5.74) is 0. The largest absolute Gasteiger partial charge is 2.00 e. The van der Waals surface area contributed by atoms with Gasteiger partial charge in [0.1, 0.15) is 0 Å². The van der Waals surface area contributed by atoms with Gasteiger partial charge in [0.15, 0.2) is 0 Å². The van der Waals surface area contributed by atoms with Crippen molar-refractivity contribution >= 4 is 0 Å². The van der Waals surface area contributed by atoms with Gasteiger partial charge in [-0.1, -0.05) is 49.6 Å². The second-order valence-electron chi connectivity index (χ2n) is 1.24. The van der Waals surface area contributed by atoms with Crippen molar-refractivity contribution in [3.63, 3.8) is 0 Å². The van der Waals surface area contributed by atoms with Crippen LogP contribution in [0.5, 0.6) is 0 Å². The van der Waals surface area contributed by atoms with Crippen LogP contribution < -0.4 is 0 Å². The molecule has 0 heterocycles. The second-order valence-corrected chi connectivity index (χ2v) is 1.24. The molecule has 0 aliphatic heterocycles. The van der Waals surface area contributed by atoms with E-state index in [0.29, 0.717) is 0 Å². The van der Waals surface area contributed by atoms with Crippen LogP contribution in [0.3, 0.4) is 0 Å². The van der Waals surface area contributed by atoms with E-state index in [1.54, 1.807) is 12.2 Å². The van der Waals surface area contributed by atoms with E-state index < -0.39 is 0 Å². The van der Waals surface area contributed by atoms with Gasteiger partial charge in [-0.2, -0.15) is 0 Å². The third-order valence-corrected chi connectivity index (χ3v) is 0.605. The van der Waals surface area contributed by atoms with Crippen molar-refractivity contribution in [3.05, 3.63) is 49.6 Å². The first-order chi connectivity index (χ1) is 3.91. The van der Waals surface area contributed by atoms with E-state index >= 15 is 0 Å². The molecule has 0 aromatic rings. The normalized spacial score (nSPS) is 9.33. The summed E-state index contributed by atoms with van der Waals surface area (Å²) in [5, 5.41) is 0. The van der Waals surface area contributed by atoms with Crippen LogP contribution in [0, 0.1) is 0 Å². The van der Waals surface area contributed by atoms with Crippen LogP contribution in [-0.4, -0.2) is 0 Å². The van der Waals surface area contributed by atoms with E-state index in [4.69, 9.17) is 0 Å². The van der Waals surface area contributed by atoms with Crippen LogP contribution in [0.2, 0.25) is 0 Å². The molecule has 0 aromatic carbocycles. The molecule has 9 heavy (non-hydrogen) atoms. The van der Waals surface area contributed by atoms with Crippen molar-refractivity contribution in [1.29, 1.82) is 0 Å². The predicted molar refractivity (Wildman–Crippen MR) is 38.7 cm³/mol. The Hall–Kier alpha value is -0.417. The van der Waals surface area contributed by atoms with Gasteiger partial charge in [-0.25, -0.2) is 0 Å². The molecule has 0 atom stereocenters.